The summed E-state index contributed by atoms with van der Waals surface area (Å²) >= 11 is 6.37. The van der Waals surface area contributed by atoms with Crippen molar-refractivity contribution >= 4 is 29.3 Å². The lowest BCUT2D eigenvalue weighted by Crippen LogP contribution is -2.23. The van der Waals surface area contributed by atoms with Crippen LogP contribution in [0.1, 0.15) is 28.9 Å². The molecule has 8 heteroatoms. The molecule has 2 aromatic rings. The molecule has 0 saturated carbocycles. The van der Waals surface area contributed by atoms with Gasteiger partial charge in [-0.25, -0.2) is 9.97 Å². The van der Waals surface area contributed by atoms with Gasteiger partial charge in [0.1, 0.15) is 0 Å². The van der Waals surface area contributed by atoms with Crippen LogP contribution in [0.5, 0.6) is 0 Å². The summed E-state index contributed by atoms with van der Waals surface area (Å²) in [6, 6.07) is 7.31. The quantitative estimate of drug-likeness (QED) is 0.570. The Bertz CT molecular complexity index is 735. The monoisotopic (exact) mass is 385 g/mol. The van der Waals surface area contributed by atoms with Crippen molar-refractivity contribution < 1.29 is 13.6 Å². The van der Waals surface area contributed by atoms with Crippen LogP contribution >= 0.6 is 23.4 Å². The Morgan fingerprint density at radius 1 is 1.24 bits per heavy atom. The fraction of sp³-hybridized carbons (Fsp3) is 0.353. The number of hydrogen-bond acceptors (Lipinski definition) is 4. The normalized spacial score (nSPS) is 11.0. The van der Waals surface area contributed by atoms with Crippen LogP contribution < -0.4 is 5.32 Å². The number of benzene rings is 1. The van der Waals surface area contributed by atoms with Crippen LogP contribution in [0.25, 0.3) is 0 Å². The second kappa shape index (κ2) is 9.10. The standard InChI is InChI=1S/C17H18ClF2N3OS/c1-10-13(11(2)23-17(22-10)25-16(19)20)7-8-15(24)21-9-12-5-3-4-6-14(12)18/h3-6,16H,7-9H2,1-2H3,(H,21,24). The number of aromatic nitrogens is 2. The van der Waals surface area contributed by atoms with Gasteiger partial charge in [0, 0.05) is 29.4 Å². The van der Waals surface area contributed by atoms with Crippen LogP contribution in [0, 0.1) is 13.8 Å². The molecule has 134 valence electrons. The minimum Gasteiger partial charge on any atom is -0.352 e. The molecule has 0 aliphatic rings. The van der Waals surface area contributed by atoms with E-state index in [4.69, 9.17) is 11.6 Å². The summed E-state index contributed by atoms with van der Waals surface area (Å²) in [7, 11) is 0. The van der Waals surface area contributed by atoms with E-state index >= 15 is 0 Å². The summed E-state index contributed by atoms with van der Waals surface area (Å²) in [4.78, 5) is 20.2. The summed E-state index contributed by atoms with van der Waals surface area (Å²) < 4.78 is 24.8. The van der Waals surface area contributed by atoms with Crippen molar-refractivity contribution in [3.05, 3.63) is 51.8 Å². The predicted molar refractivity (Wildman–Crippen MR) is 95.0 cm³/mol. The lowest BCUT2D eigenvalue weighted by molar-refractivity contribution is -0.121. The van der Waals surface area contributed by atoms with Crippen molar-refractivity contribution in [3.8, 4) is 0 Å². The van der Waals surface area contributed by atoms with E-state index in [9.17, 15) is 13.6 Å². The van der Waals surface area contributed by atoms with E-state index < -0.39 is 5.76 Å². The molecule has 1 aromatic carbocycles. The Morgan fingerprint density at radius 3 is 2.48 bits per heavy atom. The molecule has 0 aliphatic carbocycles. The maximum Gasteiger partial charge on any atom is 0.291 e. The van der Waals surface area contributed by atoms with Gasteiger partial charge >= 0.3 is 0 Å². The fourth-order valence-electron chi connectivity index (χ4n) is 2.37. The number of carbonyl (C=O) groups is 1. The van der Waals surface area contributed by atoms with E-state index in [1.165, 1.54) is 0 Å². The summed E-state index contributed by atoms with van der Waals surface area (Å²) in [5, 5.41) is 3.48. The minimum atomic E-state index is -2.56. The van der Waals surface area contributed by atoms with E-state index in [1.807, 2.05) is 18.2 Å². The van der Waals surface area contributed by atoms with Crippen molar-refractivity contribution in [1.29, 1.82) is 0 Å². The highest BCUT2D eigenvalue weighted by atomic mass is 35.5. The average Bonchev–Trinajstić information content (AvgIpc) is 2.52. The van der Waals surface area contributed by atoms with Crippen LogP contribution in [-0.2, 0) is 17.8 Å². The summed E-state index contributed by atoms with van der Waals surface area (Å²) in [5.41, 5.74) is 2.90. The Hall–Kier alpha value is -1.73. The molecule has 0 spiro atoms. The van der Waals surface area contributed by atoms with Crippen LogP contribution in [0.4, 0.5) is 8.78 Å². The lowest BCUT2D eigenvalue weighted by Gasteiger charge is -2.11. The first-order valence-corrected chi connectivity index (χ1v) is 8.91. The molecule has 25 heavy (non-hydrogen) atoms. The highest BCUT2D eigenvalue weighted by Gasteiger charge is 2.14. The number of alkyl halides is 2. The second-order valence-corrected chi connectivity index (χ2v) is 6.77. The van der Waals surface area contributed by atoms with E-state index in [0.717, 1.165) is 11.1 Å². The van der Waals surface area contributed by atoms with Gasteiger partial charge in [0.2, 0.25) is 5.91 Å². The van der Waals surface area contributed by atoms with Gasteiger partial charge in [-0.2, -0.15) is 8.78 Å². The molecule has 4 nitrogen and oxygen atoms in total. The zero-order valence-corrected chi connectivity index (χ0v) is 15.4. The molecule has 0 saturated heterocycles. The zero-order valence-electron chi connectivity index (χ0n) is 13.9. The molecule has 0 atom stereocenters. The topological polar surface area (TPSA) is 54.9 Å². The van der Waals surface area contributed by atoms with Gasteiger partial charge in [-0.3, -0.25) is 4.79 Å². The molecular formula is C17H18ClF2N3OS. The number of hydrogen-bond donors (Lipinski definition) is 1. The van der Waals surface area contributed by atoms with Crippen LogP contribution in [0.3, 0.4) is 0 Å². The third kappa shape index (κ3) is 5.93. The molecule has 1 heterocycles. The Balaban J connectivity index is 1.92. The average molecular weight is 386 g/mol. The maximum atomic E-state index is 12.4. The molecular weight excluding hydrogens is 368 g/mol. The Labute approximate surface area is 154 Å². The first-order chi connectivity index (χ1) is 11.9. The summed E-state index contributed by atoms with van der Waals surface area (Å²) in [6.07, 6.45) is 0.711. The number of rotatable bonds is 7. The van der Waals surface area contributed by atoms with Gasteiger partial charge in [0.25, 0.3) is 5.76 Å². The van der Waals surface area contributed by atoms with Crippen molar-refractivity contribution in [3.63, 3.8) is 0 Å². The van der Waals surface area contributed by atoms with Gasteiger partial charge in [0.15, 0.2) is 5.16 Å². The first kappa shape index (κ1) is 19.6. The molecule has 1 aromatic heterocycles. The molecule has 0 radical (unpaired) electrons. The van der Waals surface area contributed by atoms with Crippen LogP contribution in [0.2, 0.25) is 5.02 Å². The number of thioether (sulfide) groups is 1. The number of nitrogens with zero attached hydrogens (tertiary/aromatic N) is 2. The van der Waals surface area contributed by atoms with Crippen molar-refractivity contribution in [2.45, 2.75) is 44.1 Å². The van der Waals surface area contributed by atoms with Crippen molar-refractivity contribution in [1.82, 2.24) is 15.3 Å². The number of amides is 1. The summed E-state index contributed by atoms with van der Waals surface area (Å²) in [5.74, 6) is -2.68. The molecule has 1 amide bonds. The van der Waals surface area contributed by atoms with E-state index in [1.54, 1.807) is 19.9 Å². The SMILES string of the molecule is Cc1nc(SC(F)F)nc(C)c1CCC(=O)NCc1ccccc1Cl. The lowest BCUT2D eigenvalue weighted by atomic mass is 10.1. The second-order valence-electron chi connectivity index (χ2n) is 5.40. The largest absolute Gasteiger partial charge is 0.352 e. The van der Waals surface area contributed by atoms with Crippen LogP contribution in [0.15, 0.2) is 29.4 Å². The third-order valence-electron chi connectivity index (χ3n) is 3.63. The van der Waals surface area contributed by atoms with Gasteiger partial charge < -0.3 is 5.32 Å². The van der Waals surface area contributed by atoms with Gasteiger partial charge in [-0.05, 0) is 49.2 Å². The minimum absolute atomic E-state index is 0.0527. The van der Waals surface area contributed by atoms with Crippen molar-refractivity contribution in [2.75, 3.05) is 0 Å². The fourth-order valence-corrected chi connectivity index (χ4v) is 3.11. The number of nitrogens with one attached hydrogen (secondary N) is 1. The first-order valence-electron chi connectivity index (χ1n) is 7.66. The number of aryl methyl sites for hydroxylation is 2. The smallest absolute Gasteiger partial charge is 0.291 e. The molecule has 0 unspecified atom stereocenters. The highest BCUT2D eigenvalue weighted by molar-refractivity contribution is 7.99. The van der Waals surface area contributed by atoms with Gasteiger partial charge in [-0.1, -0.05) is 29.8 Å². The maximum absolute atomic E-state index is 12.4. The van der Waals surface area contributed by atoms with Crippen LogP contribution in [-0.4, -0.2) is 21.6 Å². The highest BCUT2D eigenvalue weighted by Crippen LogP contribution is 2.24. The van der Waals surface area contributed by atoms with Crippen molar-refractivity contribution in [2.24, 2.45) is 0 Å². The van der Waals surface area contributed by atoms with E-state index in [0.29, 0.717) is 41.1 Å². The van der Waals surface area contributed by atoms with Gasteiger partial charge in [0.05, 0.1) is 0 Å². The third-order valence-corrected chi connectivity index (χ3v) is 4.57. The molecule has 1 N–H and O–H groups in total. The Kier molecular flexibility index (Phi) is 7.13. The summed E-state index contributed by atoms with van der Waals surface area (Å²) in [6.45, 7) is 3.83. The number of halogens is 3. The van der Waals surface area contributed by atoms with Gasteiger partial charge in [-0.15, -0.1) is 0 Å². The zero-order chi connectivity index (χ0) is 18.4. The predicted octanol–water partition coefficient (Wildman–Crippen LogP) is 4.31. The molecule has 0 aliphatic heterocycles. The van der Waals surface area contributed by atoms with E-state index in [-0.39, 0.29) is 17.5 Å². The molecule has 2 rings (SSSR count). The number of carbonyl (C=O) groups excluding carboxylic acids is 1. The molecule has 0 bridgehead atoms. The van der Waals surface area contributed by atoms with E-state index in [2.05, 4.69) is 15.3 Å². The molecule has 0 fully saturated rings. The Morgan fingerprint density at radius 2 is 1.88 bits per heavy atom.